The number of anilines is 1. The van der Waals surface area contributed by atoms with Crippen LogP contribution >= 0.6 is 0 Å². The van der Waals surface area contributed by atoms with Gasteiger partial charge in [0.25, 0.3) is 5.91 Å². The molecule has 0 radical (unpaired) electrons. The van der Waals surface area contributed by atoms with E-state index in [2.05, 4.69) is 50.3 Å². The van der Waals surface area contributed by atoms with E-state index in [1.165, 1.54) is 31.2 Å². The summed E-state index contributed by atoms with van der Waals surface area (Å²) in [7, 11) is 1.87. The Morgan fingerprint density at radius 1 is 1.07 bits per heavy atom. The fourth-order valence-electron chi connectivity index (χ4n) is 7.34. The average molecular weight is 597 g/mol. The van der Waals surface area contributed by atoms with Gasteiger partial charge in [0.1, 0.15) is 0 Å². The van der Waals surface area contributed by atoms with E-state index in [1.54, 1.807) is 10.9 Å². The zero-order valence-corrected chi connectivity index (χ0v) is 26.2. The van der Waals surface area contributed by atoms with Crippen molar-refractivity contribution in [2.45, 2.75) is 65.5 Å². The molecule has 3 aliphatic rings. The van der Waals surface area contributed by atoms with Crippen LogP contribution < -0.4 is 15.4 Å². The Hall–Kier alpha value is -3.76. The molecule has 1 atom stereocenters. The van der Waals surface area contributed by atoms with E-state index in [0.717, 1.165) is 74.4 Å². The zero-order chi connectivity index (χ0) is 30.3. The van der Waals surface area contributed by atoms with Gasteiger partial charge >= 0.3 is 0 Å². The third-order valence-corrected chi connectivity index (χ3v) is 9.98. The molecule has 1 aromatic carbocycles. The van der Waals surface area contributed by atoms with Crippen molar-refractivity contribution in [2.24, 2.45) is 18.4 Å². The van der Waals surface area contributed by atoms with Crippen LogP contribution in [0.4, 0.5) is 5.95 Å². The first-order valence-corrected chi connectivity index (χ1v) is 16.2. The molecule has 6 heterocycles. The maximum atomic E-state index is 13.7. The van der Waals surface area contributed by atoms with Crippen LogP contribution in [0, 0.1) is 18.3 Å². The van der Waals surface area contributed by atoms with Crippen molar-refractivity contribution in [1.29, 1.82) is 0 Å². The Morgan fingerprint density at radius 2 is 1.89 bits per heavy atom. The second-order valence-corrected chi connectivity index (χ2v) is 13.3. The van der Waals surface area contributed by atoms with Gasteiger partial charge < -0.3 is 14.6 Å². The first-order valence-electron chi connectivity index (χ1n) is 16.2. The van der Waals surface area contributed by atoms with Crippen LogP contribution in [0.5, 0.6) is 5.88 Å². The van der Waals surface area contributed by atoms with Crippen molar-refractivity contribution >= 4 is 22.9 Å². The predicted molar refractivity (Wildman–Crippen MR) is 172 cm³/mol. The molecule has 1 spiro atoms. The molecule has 0 unspecified atom stereocenters. The van der Waals surface area contributed by atoms with Crippen molar-refractivity contribution in [1.82, 2.24) is 34.5 Å². The minimum absolute atomic E-state index is 0.206. The van der Waals surface area contributed by atoms with Gasteiger partial charge in [0.2, 0.25) is 11.8 Å². The summed E-state index contributed by atoms with van der Waals surface area (Å²) in [6.45, 7) is 11.1. The number of nitrogens with one attached hydrogen (secondary N) is 2. The number of hydrogen-bond acceptors (Lipinski definition) is 7. The van der Waals surface area contributed by atoms with Crippen LogP contribution in [-0.4, -0.2) is 67.9 Å². The van der Waals surface area contributed by atoms with Gasteiger partial charge in [-0.25, -0.2) is 9.67 Å². The topological polar surface area (TPSA) is 102 Å². The normalized spacial score (nSPS) is 21.2. The Kier molecular flexibility index (Phi) is 7.88. The molecule has 0 saturated carbocycles. The molecule has 4 aromatic rings. The van der Waals surface area contributed by atoms with E-state index in [0.29, 0.717) is 41.0 Å². The van der Waals surface area contributed by atoms with E-state index in [4.69, 9.17) is 14.7 Å². The molecule has 2 fully saturated rings. The van der Waals surface area contributed by atoms with Crippen LogP contribution in [-0.2, 0) is 20.1 Å². The predicted octanol–water partition coefficient (Wildman–Crippen LogP) is 5.17. The minimum atomic E-state index is -0.206. The van der Waals surface area contributed by atoms with Crippen molar-refractivity contribution < 1.29 is 9.53 Å². The summed E-state index contributed by atoms with van der Waals surface area (Å²) in [6, 6.07) is 10.2. The van der Waals surface area contributed by atoms with Crippen LogP contribution in [0.15, 0.2) is 36.5 Å². The van der Waals surface area contributed by atoms with E-state index in [-0.39, 0.29) is 5.91 Å². The smallest absolute Gasteiger partial charge is 0.258 e. The summed E-state index contributed by atoms with van der Waals surface area (Å²) in [5.41, 5.74) is 6.55. The first-order chi connectivity index (χ1) is 21.4. The number of rotatable bonds is 2. The minimum Gasteiger partial charge on any atom is -0.477 e. The standard InChI is InChI=1S/C34H44N8O2/c1-23-5-4-16-44-32-27(20-36-40(32)3)29-19-26(17-24(2)37-29)31(43)39-33-38-28-7-6-25(18-30(28)42(33)21-23)22-41-14-10-34(11-15-41)8-12-35-13-9-34/h6-7,17-20,23,35H,4-5,8-16,21-22H2,1-3H3,(H,38,39,43)/t23-/m1/s1. The van der Waals surface area contributed by atoms with Crippen molar-refractivity contribution in [2.75, 3.05) is 38.1 Å². The number of carbonyl (C=O) groups excluding carboxylic acids is 1. The van der Waals surface area contributed by atoms with E-state index in [9.17, 15) is 4.79 Å². The highest BCUT2D eigenvalue weighted by atomic mass is 16.5. The van der Waals surface area contributed by atoms with Crippen LogP contribution in [0.1, 0.15) is 67.1 Å². The SMILES string of the molecule is Cc1cc2cc(n1)-c1cnn(C)c1OCCC[C@@H](C)Cn1c(nc3ccc(CN4CCC5(CCNCC5)CC4)cc31)NC2=O. The molecular formula is C34H44N8O2. The van der Waals surface area contributed by atoms with Gasteiger partial charge in [0, 0.05) is 31.4 Å². The third kappa shape index (κ3) is 5.85. The Bertz CT molecular complexity index is 1660. The lowest BCUT2D eigenvalue weighted by Gasteiger charge is -2.44. The number of hydrogen-bond donors (Lipinski definition) is 2. The monoisotopic (exact) mass is 596 g/mol. The number of ether oxygens (including phenoxy) is 1. The summed E-state index contributed by atoms with van der Waals surface area (Å²) in [4.78, 5) is 26.0. The Labute approximate surface area is 259 Å². The quantitative estimate of drug-likeness (QED) is 0.329. The van der Waals surface area contributed by atoms with Crippen molar-refractivity contribution in [3.05, 3.63) is 53.3 Å². The number of aromatic nitrogens is 5. The molecule has 7 rings (SSSR count). The van der Waals surface area contributed by atoms with Gasteiger partial charge in [-0.1, -0.05) is 13.0 Å². The van der Waals surface area contributed by atoms with Crippen LogP contribution in [0.2, 0.25) is 0 Å². The number of aryl methyl sites for hydroxylation is 2. The van der Waals surface area contributed by atoms with Gasteiger partial charge in [-0.05, 0) is 113 Å². The van der Waals surface area contributed by atoms with Crippen LogP contribution in [0.25, 0.3) is 22.3 Å². The fourth-order valence-corrected chi connectivity index (χ4v) is 7.34. The number of nitrogens with zero attached hydrogens (tertiary/aromatic N) is 6. The molecule has 2 N–H and O–H groups in total. The van der Waals surface area contributed by atoms with Gasteiger partial charge in [0.05, 0.1) is 35.1 Å². The van der Waals surface area contributed by atoms with E-state index >= 15 is 0 Å². The number of amides is 1. The maximum absolute atomic E-state index is 13.7. The third-order valence-electron chi connectivity index (χ3n) is 9.98. The molecule has 44 heavy (non-hydrogen) atoms. The van der Waals surface area contributed by atoms with Gasteiger partial charge in [-0.2, -0.15) is 5.10 Å². The number of carbonyl (C=O) groups is 1. The number of pyridine rings is 1. The molecule has 3 aliphatic heterocycles. The highest BCUT2D eigenvalue weighted by molar-refractivity contribution is 6.04. The average Bonchev–Trinajstić information content (AvgIpc) is 3.55. The Balaban J connectivity index is 1.18. The molecule has 1 amide bonds. The van der Waals surface area contributed by atoms with Gasteiger partial charge in [-0.3, -0.25) is 20.0 Å². The van der Waals surface area contributed by atoms with Gasteiger partial charge in [0.15, 0.2) is 0 Å². The largest absolute Gasteiger partial charge is 0.477 e. The van der Waals surface area contributed by atoms with E-state index in [1.807, 2.05) is 26.1 Å². The summed E-state index contributed by atoms with van der Waals surface area (Å²) in [5, 5.41) is 11.1. The number of imidazole rings is 1. The number of fused-ring (bicyclic) bond motifs is 7. The summed E-state index contributed by atoms with van der Waals surface area (Å²) < 4.78 is 10.2. The number of piperidine rings is 2. The summed E-state index contributed by atoms with van der Waals surface area (Å²) >= 11 is 0. The second-order valence-electron chi connectivity index (χ2n) is 13.3. The Morgan fingerprint density at radius 3 is 2.70 bits per heavy atom. The number of benzene rings is 1. The summed E-state index contributed by atoms with van der Waals surface area (Å²) in [6.07, 6.45) is 8.87. The highest BCUT2D eigenvalue weighted by Gasteiger charge is 2.35. The second kappa shape index (κ2) is 12.0. The molecule has 232 valence electrons. The van der Waals surface area contributed by atoms with E-state index < -0.39 is 0 Å². The molecular weight excluding hydrogens is 552 g/mol. The summed E-state index contributed by atoms with van der Waals surface area (Å²) in [5.74, 6) is 1.41. The molecule has 10 heteroatoms. The lowest BCUT2D eigenvalue weighted by Crippen LogP contribution is -2.45. The molecule has 2 bridgehead atoms. The van der Waals surface area contributed by atoms with Gasteiger partial charge in [-0.15, -0.1) is 0 Å². The molecule has 3 aromatic heterocycles. The molecule has 0 aliphatic carbocycles. The van der Waals surface area contributed by atoms with Crippen LogP contribution in [0.3, 0.4) is 0 Å². The number of likely N-dealkylation sites (tertiary alicyclic amines) is 1. The zero-order valence-electron chi connectivity index (χ0n) is 26.2. The first kappa shape index (κ1) is 29.0. The molecule has 10 nitrogen and oxygen atoms in total. The lowest BCUT2D eigenvalue weighted by molar-refractivity contribution is 0.0701. The highest BCUT2D eigenvalue weighted by Crippen LogP contribution is 2.40. The fraction of sp³-hybridized carbons (Fsp3) is 0.529. The maximum Gasteiger partial charge on any atom is 0.258 e. The van der Waals surface area contributed by atoms with Crippen molar-refractivity contribution in [3.8, 4) is 17.1 Å². The lowest BCUT2D eigenvalue weighted by atomic mass is 9.71. The molecule has 2 saturated heterocycles. The van der Waals surface area contributed by atoms with Crippen molar-refractivity contribution in [3.63, 3.8) is 0 Å².